The Hall–Kier alpha value is -2.76. The minimum atomic E-state index is -0.972. The average molecular weight is 346 g/mol. The molecule has 0 aromatic heterocycles. The van der Waals surface area contributed by atoms with Gasteiger partial charge in [-0.3, -0.25) is 9.59 Å². The molecule has 0 unspecified atom stereocenters. The topological polar surface area (TPSA) is 58.2 Å². The van der Waals surface area contributed by atoms with E-state index in [0.717, 1.165) is 31.4 Å². The second kappa shape index (κ2) is 8.92. The van der Waals surface area contributed by atoms with E-state index in [0.29, 0.717) is 11.8 Å². The van der Waals surface area contributed by atoms with Crippen molar-refractivity contribution in [2.45, 2.75) is 26.2 Å². The molecule has 0 heterocycles. The van der Waals surface area contributed by atoms with Gasteiger partial charge in [-0.1, -0.05) is 25.5 Å². The number of hydrogen-bond acceptors (Lipinski definition) is 2. The molecule has 0 aliphatic rings. The largest absolute Gasteiger partial charge is 0.343 e. The fourth-order valence-electron chi connectivity index (χ4n) is 2.27. The van der Waals surface area contributed by atoms with Crippen molar-refractivity contribution in [2.75, 3.05) is 11.9 Å². The van der Waals surface area contributed by atoms with Crippen LogP contribution >= 0.6 is 0 Å². The van der Waals surface area contributed by atoms with Gasteiger partial charge in [-0.2, -0.15) is 0 Å². The molecule has 2 aromatic carbocycles. The van der Waals surface area contributed by atoms with Gasteiger partial charge in [-0.15, -0.1) is 0 Å². The summed E-state index contributed by atoms with van der Waals surface area (Å²) < 4.78 is 26.3. The third kappa shape index (κ3) is 5.67. The van der Waals surface area contributed by atoms with E-state index in [1.54, 1.807) is 12.1 Å². The lowest BCUT2D eigenvalue weighted by Crippen LogP contribution is -2.33. The number of unbranched alkanes of at least 4 members (excludes halogenated alkanes) is 1. The van der Waals surface area contributed by atoms with Crippen molar-refractivity contribution in [3.8, 4) is 0 Å². The number of hydrogen-bond donors (Lipinski definition) is 2. The number of amides is 2. The Bertz CT molecular complexity index is 746. The molecule has 0 aliphatic carbocycles. The summed E-state index contributed by atoms with van der Waals surface area (Å²) in [6.07, 6.45) is 3.22. The molecular weight excluding hydrogens is 326 g/mol. The standard InChI is InChI=1S/C19H20F2N2O2/c1-2-3-4-13-5-8-15(9-6-13)23-18(24)12-22-19(25)16-10-7-14(20)11-17(16)21/h5-11H,2-4,12H2,1H3,(H,22,25)(H,23,24). The van der Waals surface area contributed by atoms with Crippen LogP contribution in [0.15, 0.2) is 42.5 Å². The first-order valence-electron chi connectivity index (χ1n) is 8.11. The Morgan fingerprint density at radius 2 is 1.76 bits per heavy atom. The molecule has 0 aliphatic heterocycles. The fraction of sp³-hybridized carbons (Fsp3) is 0.263. The smallest absolute Gasteiger partial charge is 0.254 e. The molecular formula is C19H20F2N2O2. The summed E-state index contributed by atoms with van der Waals surface area (Å²) in [5, 5.41) is 4.95. The summed E-state index contributed by atoms with van der Waals surface area (Å²) >= 11 is 0. The second-order valence-electron chi connectivity index (χ2n) is 5.66. The third-order valence-electron chi connectivity index (χ3n) is 3.64. The lowest BCUT2D eigenvalue weighted by atomic mass is 10.1. The lowest BCUT2D eigenvalue weighted by Gasteiger charge is -2.08. The number of carbonyl (C=O) groups excluding carboxylic acids is 2. The highest BCUT2D eigenvalue weighted by Gasteiger charge is 2.13. The Kier molecular flexibility index (Phi) is 6.62. The second-order valence-corrected chi connectivity index (χ2v) is 5.66. The van der Waals surface area contributed by atoms with Gasteiger partial charge in [0.1, 0.15) is 11.6 Å². The van der Waals surface area contributed by atoms with Gasteiger partial charge in [0, 0.05) is 11.8 Å². The maximum Gasteiger partial charge on any atom is 0.254 e. The van der Waals surface area contributed by atoms with E-state index in [1.165, 1.54) is 5.56 Å². The van der Waals surface area contributed by atoms with Crippen LogP contribution in [0.25, 0.3) is 0 Å². The first-order valence-corrected chi connectivity index (χ1v) is 8.11. The lowest BCUT2D eigenvalue weighted by molar-refractivity contribution is -0.115. The van der Waals surface area contributed by atoms with E-state index in [2.05, 4.69) is 17.6 Å². The molecule has 6 heteroatoms. The Morgan fingerprint density at radius 3 is 2.40 bits per heavy atom. The van der Waals surface area contributed by atoms with Crippen LogP contribution in [0.3, 0.4) is 0 Å². The zero-order valence-corrected chi connectivity index (χ0v) is 13.9. The van der Waals surface area contributed by atoms with Gasteiger partial charge in [0.25, 0.3) is 5.91 Å². The normalized spacial score (nSPS) is 10.4. The SMILES string of the molecule is CCCCc1ccc(NC(=O)CNC(=O)c2ccc(F)cc2F)cc1. The quantitative estimate of drug-likeness (QED) is 0.803. The maximum atomic E-state index is 13.5. The predicted octanol–water partition coefficient (Wildman–Crippen LogP) is 3.68. The van der Waals surface area contributed by atoms with Crippen molar-refractivity contribution >= 4 is 17.5 Å². The summed E-state index contributed by atoms with van der Waals surface area (Å²) in [4.78, 5) is 23.7. The van der Waals surface area contributed by atoms with Crippen molar-refractivity contribution in [1.82, 2.24) is 5.32 Å². The van der Waals surface area contributed by atoms with Gasteiger partial charge >= 0.3 is 0 Å². The molecule has 0 bridgehead atoms. The van der Waals surface area contributed by atoms with Crippen molar-refractivity contribution in [2.24, 2.45) is 0 Å². The van der Waals surface area contributed by atoms with Crippen molar-refractivity contribution in [3.05, 3.63) is 65.2 Å². The van der Waals surface area contributed by atoms with Gasteiger partial charge < -0.3 is 10.6 Å². The van der Waals surface area contributed by atoms with Gasteiger partial charge in [0.15, 0.2) is 0 Å². The molecule has 0 spiro atoms. The van der Waals surface area contributed by atoms with E-state index < -0.39 is 23.4 Å². The molecule has 0 saturated heterocycles. The monoisotopic (exact) mass is 346 g/mol. The molecule has 0 radical (unpaired) electrons. The number of carbonyl (C=O) groups is 2. The van der Waals surface area contributed by atoms with E-state index in [9.17, 15) is 18.4 Å². The summed E-state index contributed by atoms with van der Waals surface area (Å²) in [5.74, 6) is -2.95. The third-order valence-corrected chi connectivity index (χ3v) is 3.64. The highest BCUT2D eigenvalue weighted by molar-refractivity contribution is 5.99. The minimum Gasteiger partial charge on any atom is -0.343 e. The van der Waals surface area contributed by atoms with E-state index >= 15 is 0 Å². The predicted molar refractivity (Wildman–Crippen MR) is 92.4 cm³/mol. The van der Waals surface area contributed by atoms with Gasteiger partial charge in [0.05, 0.1) is 12.1 Å². The molecule has 2 rings (SSSR count). The van der Waals surface area contributed by atoms with Crippen LogP contribution in [0.5, 0.6) is 0 Å². The average Bonchev–Trinajstić information content (AvgIpc) is 2.59. The van der Waals surface area contributed by atoms with E-state index in [1.807, 2.05) is 12.1 Å². The zero-order chi connectivity index (χ0) is 18.2. The van der Waals surface area contributed by atoms with Crippen LogP contribution in [-0.4, -0.2) is 18.4 Å². The number of anilines is 1. The van der Waals surface area contributed by atoms with Crippen molar-refractivity contribution in [1.29, 1.82) is 0 Å². The van der Waals surface area contributed by atoms with E-state index in [4.69, 9.17) is 0 Å². The Labute approximate surface area is 145 Å². The van der Waals surface area contributed by atoms with Crippen LogP contribution in [0, 0.1) is 11.6 Å². The summed E-state index contributed by atoms with van der Waals surface area (Å²) in [5.41, 5.74) is 1.50. The zero-order valence-electron chi connectivity index (χ0n) is 13.9. The first-order chi connectivity index (χ1) is 12.0. The first kappa shape index (κ1) is 18.6. The molecule has 132 valence electrons. The van der Waals surface area contributed by atoms with Gasteiger partial charge in [0.2, 0.25) is 5.91 Å². The fourth-order valence-corrected chi connectivity index (χ4v) is 2.27. The summed E-state index contributed by atoms with van der Waals surface area (Å²) in [6, 6.07) is 10.1. The molecule has 0 atom stereocenters. The van der Waals surface area contributed by atoms with Crippen molar-refractivity contribution in [3.63, 3.8) is 0 Å². The highest BCUT2D eigenvalue weighted by Crippen LogP contribution is 2.12. The number of aryl methyl sites for hydroxylation is 1. The molecule has 25 heavy (non-hydrogen) atoms. The molecule has 2 N–H and O–H groups in total. The number of halogens is 2. The van der Waals surface area contributed by atoms with Crippen molar-refractivity contribution < 1.29 is 18.4 Å². The molecule has 2 aromatic rings. The summed E-state index contributed by atoms with van der Waals surface area (Å²) in [7, 11) is 0. The Morgan fingerprint density at radius 1 is 1.04 bits per heavy atom. The number of benzene rings is 2. The van der Waals surface area contributed by atoms with Crippen LogP contribution < -0.4 is 10.6 Å². The van der Waals surface area contributed by atoms with Crippen LogP contribution in [0.4, 0.5) is 14.5 Å². The summed E-state index contributed by atoms with van der Waals surface area (Å²) in [6.45, 7) is 1.81. The van der Waals surface area contributed by atoms with Gasteiger partial charge in [-0.25, -0.2) is 8.78 Å². The van der Waals surface area contributed by atoms with E-state index in [-0.39, 0.29) is 12.1 Å². The number of nitrogens with one attached hydrogen (secondary N) is 2. The molecule has 0 fully saturated rings. The van der Waals surface area contributed by atoms with Gasteiger partial charge in [-0.05, 0) is 42.7 Å². The van der Waals surface area contributed by atoms with Crippen LogP contribution in [0.1, 0.15) is 35.7 Å². The van der Waals surface area contributed by atoms with Crippen LogP contribution in [-0.2, 0) is 11.2 Å². The highest BCUT2D eigenvalue weighted by atomic mass is 19.1. The maximum absolute atomic E-state index is 13.5. The molecule has 4 nitrogen and oxygen atoms in total. The number of rotatable bonds is 7. The van der Waals surface area contributed by atoms with Crippen LogP contribution in [0.2, 0.25) is 0 Å². The molecule has 0 saturated carbocycles. The minimum absolute atomic E-state index is 0.311. The Balaban J connectivity index is 1.84. The molecule has 2 amide bonds.